The Morgan fingerprint density at radius 2 is 1.96 bits per heavy atom. The number of hydrogen-bond acceptors (Lipinski definition) is 5. The molecule has 2 fully saturated rings. The van der Waals surface area contributed by atoms with Crippen LogP contribution in [0.25, 0.3) is 0 Å². The zero-order chi connectivity index (χ0) is 18.4. The van der Waals surface area contributed by atoms with Gasteiger partial charge in [-0.1, -0.05) is 30.8 Å². The summed E-state index contributed by atoms with van der Waals surface area (Å²) in [5.74, 6) is 0. The van der Waals surface area contributed by atoms with Gasteiger partial charge >= 0.3 is 0 Å². The SMILES string of the molecule is Cc1cc(N2CCCC2)ccc1[C@@H]1[C@@H](c2ccccn2)N=C2S[C@H](C)CN21. The molecule has 0 saturated carbocycles. The highest BCUT2D eigenvalue weighted by molar-refractivity contribution is 8.14. The third-order valence-electron chi connectivity index (χ3n) is 5.92. The standard InChI is InChI=1S/C22H26N4S/c1-15-13-17(25-11-5-6-12-25)8-9-18(15)21-20(19-7-3-4-10-23-19)24-22-26(21)14-16(2)27-22/h3-4,7-10,13,16,20-21H,5-6,11-12,14H2,1-2H3/t16-,20-,21-/m1/s1. The van der Waals surface area contributed by atoms with Gasteiger partial charge in [0.2, 0.25) is 0 Å². The largest absolute Gasteiger partial charge is 0.372 e. The van der Waals surface area contributed by atoms with Crippen molar-refractivity contribution in [1.82, 2.24) is 9.88 Å². The van der Waals surface area contributed by atoms with Gasteiger partial charge in [-0.05, 0) is 55.2 Å². The number of anilines is 1. The van der Waals surface area contributed by atoms with E-state index in [-0.39, 0.29) is 12.1 Å². The number of benzene rings is 1. The molecule has 3 aliphatic rings. The van der Waals surface area contributed by atoms with E-state index in [9.17, 15) is 0 Å². The first-order valence-corrected chi connectivity index (χ1v) is 10.9. The van der Waals surface area contributed by atoms with Crippen LogP contribution in [-0.4, -0.2) is 39.9 Å². The maximum atomic E-state index is 5.10. The van der Waals surface area contributed by atoms with E-state index in [1.165, 1.54) is 47.9 Å². The molecule has 140 valence electrons. The number of hydrogen-bond donors (Lipinski definition) is 0. The predicted molar refractivity (Wildman–Crippen MR) is 114 cm³/mol. The van der Waals surface area contributed by atoms with E-state index in [4.69, 9.17) is 4.99 Å². The van der Waals surface area contributed by atoms with E-state index in [0.29, 0.717) is 5.25 Å². The summed E-state index contributed by atoms with van der Waals surface area (Å²) in [7, 11) is 0. The number of nitrogens with zero attached hydrogens (tertiary/aromatic N) is 4. The average Bonchev–Trinajstić information content (AvgIpc) is 3.39. The van der Waals surface area contributed by atoms with E-state index < -0.39 is 0 Å². The smallest absolute Gasteiger partial charge is 0.160 e. The monoisotopic (exact) mass is 378 g/mol. The van der Waals surface area contributed by atoms with Crippen LogP contribution in [0.1, 0.15) is 48.7 Å². The lowest BCUT2D eigenvalue weighted by atomic mass is 9.92. The van der Waals surface area contributed by atoms with Crippen LogP contribution >= 0.6 is 11.8 Å². The molecule has 3 atom stereocenters. The third-order valence-corrected chi connectivity index (χ3v) is 7.03. The van der Waals surface area contributed by atoms with E-state index in [1.54, 1.807) is 0 Å². The molecule has 5 rings (SSSR count). The van der Waals surface area contributed by atoms with Crippen molar-refractivity contribution in [2.24, 2.45) is 4.99 Å². The molecule has 0 aliphatic carbocycles. The Hall–Kier alpha value is -2.01. The van der Waals surface area contributed by atoms with Crippen LogP contribution in [0.2, 0.25) is 0 Å². The molecule has 0 amide bonds. The van der Waals surface area contributed by atoms with Crippen molar-refractivity contribution < 1.29 is 0 Å². The first-order valence-electron chi connectivity index (χ1n) is 9.98. The molecule has 5 heteroatoms. The number of fused-ring (bicyclic) bond motifs is 1. The second kappa shape index (κ2) is 6.86. The molecule has 4 heterocycles. The van der Waals surface area contributed by atoms with Crippen LogP contribution in [0, 0.1) is 6.92 Å². The van der Waals surface area contributed by atoms with Crippen molar-refractivity contribution >= 4 is 22.6 Å². The van der Waals surface area contributed by atoms with Gasteiger partial charge in [0.15, 0.2) is 5.17 Å². The van der Waals surface area contributed by atoms with Gasteiger partial charge in [-0.2, -0.15) is 0 Å². The van der Waals surface area contributed by atoms with Crippen LogP contribution in [0.3, 0.4) is 0 Å². The predicted octanol–water partition coefficient (Wildman–Crippen LogP) is 4.58. The molecule has 3 aliphatic heterocycles. The highest BCUT2D eigenvalue weighted by Gasteiger charge is 2.44. The molecule has 0 bridgehead atoms. The number of aromatic nitrogens is 1. The van der Waals surface area contributed by atoms with Crippen LogP contribution in [0.5, 0.6) is 0 Å². The highest BCUT2D eigenvalue weighted by Crippen LogP contribution is 2.48. The van der Waals surface area contributed by atoms with Crippen LogP contribution in [-0.2, 0) is 0 Å². The summed E-state index contributed by atoms with van der Waals surface area (Å²) in [6.07, 6.45) is 4.51. The summed E-state index contributed by atoms with van der Waals surface area (Å²) in [4.78, 5) is 14.8. The average molecular weight is 379 g/mol. The Kier molecular flexibility index (Phi) is 4.35. The van der Waals surface area contributed by atoms with Crippen molar-refractivity contribution in [3.63, 3.8) is 0 Å². The molecule has 2 aromatic rings. The molecular weight excluding hydrogens is 352 g/mol. The zero-order valence-electron chi connectivity index (χ0n) is 16.0. The fourth-order valence-electron chi connectivity index (χ4n) is 4.62. The van der Waals surface area contributed by atoms with E-state index in [0.717, 1.165) is 12.2 Å². The van der Waals surface area contributed by atoms with E-state index >= 15 is 0 Å². The molecular formula is C22H26N4S. The molecule has 0 N–H and O–H groups in total. The minimum Gasteiger partial charge on any atom is -0.372 e. The van der Waals surface area contributed by atoms with Crippen molar-refractivity contribution in [3.05, 3.63) is 59.4 Å². The summed E-state index contributed by atoms with van der Waals surface area (Å²) < 4.78 is 0. The van der Waals surface area contributed by atoms with Gasteiger partial charge in [0, 0.05) is 36.8 Å². The van der Waals surface area contributed by atoms with Crippen molar-refractivity contribution in [3.8, 4) is 0 Å². The summed E-state index contributed by atoms with van der Waals surface area (Å²) in [6.45, 7) is 7.99. The van der Waals surface area contributed by atoms with Crippen LogP contribution < -0.4 is 4.90 Å². The lowest BCUT2D eigenvalue weighted by Gasteiger charge is -2.29. The minimum atomic E-state index is 0.0811. The molecule has 0 unspecified atom stereocenters. The number of amidine groups is 1. The summed E-state index contributed by atoms with van der Waals surface area (Å²) in [6, 6.07) is 13.5. The fourth-order valence-corrected chi connectivity index (χ4v) is 5.71. The topological polar surface area (TPSA) is 31.7 Å². The van der Waals surface area contributed by atoms with Gasteiger partial charge in [0.05, 0.1) is 11.7 Å². The van der Waals surface area contributed by atoms with Gasteiger partial charge in [-0.15, -0.1) is 0 Å². The quantitative estimate of drug-likeness (QED) is 0.782. The molecule has 4 nitrogen and oxygen atoms in total. The molecule has 0 spiro atoms. The Bertz CT molecular complexity index is 860. The zero-order valence-corrected chi connectivity index (χ0v) is 16.8. The number of pyridine rings is 1. The number of thioether (sulfide) groups is 1. The number of aryl methyl sites for hydroxylation is 1. The summed E-state index contributed by atoms with van der Waals surface area (Å²) in [5.41, 5.74) is 5.19. The Morgan fingerprint density at radius 3 is 2.70 bits per heavy atom. The van der Waals surface area contributed by atoms with Crippen LogP contribution in [0.4, 0.5) is 5.69 Å². The lowest BCUT2D eigenvalue weighted by Crippen LogP contribution is -2.29. The number of rotatable bonds is 3. The van der Waals surface area contributed by atoms with E-state index in [2.05, 4.69) is 59.0 Å². The number of aliphatic imine (C=N–C) groups is 1. The summed E-state index contributed by atoms with van der Waals surface area (Å²) >= 11 is 1.90. The van der Waals surface area contributed by atoms with Gasteiger partial charge in [0.1, 0.15) is 6.04 Å². The normalized spacial score (nSPS) is 27.2. The second-order valence-electron chi connectivity index (χ2n) is 7.87. The first-order chi connectivity index (χ1) is 13.2. The second-order valence-corrected chi connectivity index (χ2v) is 9.28. The first kappa shape index (κ1) is 17.1. The van der Waals surface area contributed by atoms with Gasteiger partial charge in [-0.3, -0.25) is 9.98 Å². The van der Waals surface area contributed by atoms with E-state index in [1.807, 2.05) is 24.0 Å². The van der Waals surface area contributed by atoms with Crippen LogP contribution in [0.15, 0.2) is 47.6 Å². The maximum absolute atomic E-state index is 5.10. The van der Waals surface area contributed by atoms with Crippen molar-refractivity contribution in [2.45, 2.75) is 44.0 Å². The third kappa shape index (κ3) is 3.02. The van der Waals surface area contributed by atoms with Gasteiger partial charge in [0.25, 0.3) is 0 Å². The Morgan fingerprint density at radius 1 is 1.11 bits per heavy atom. The Labute approximate surface area is 165 Å². The molecule has 27 heavy (non-hydrogen) atoms. The Balaban J connectivity index is 1.53. The molecule has 1 aromatic carbocycles. The molecule has 0 radical (unpaired) electrons. The van der Waals surface area contributed by atoms with Crippen molar-refractivity contribution in [2.75, 3.05) is 24.5 Å². The fraction of sp³-hybridized carbons (Fsp3) is 0.455. The highest BCUT2D eigenvalue weighted by atomic mass is 32.2. The maximum Gasteiger partial charge on any atom is 0.160 e. The van der Waals surface area contributed by atoms with Crippen molar-refractivity contribution in [1.29, 1.82) is 0 Å². The van der Waals surface area contributed by atoms with Gasteiger partial charge < -0.3 is 9.80 Å². The van der Waals surface area contributed by atoms with Gasteiger partial charge in [-0.25, -0.2) is 0 Å². The summed E-state index contributed by atoms with van der Waals surface area (Å²) in [5, 5.41) is 1.78. The lowest BCUT2D eigenvalue weighted by molar-refractivity contribution is 0.320. The minimum absolute atomic E-state index is 0.0811. The molecule has 2 saturated heterocycles. The molecule has 1 aromatic heterocycles.